The van der Waals surface area contributed by atoms with Crippen LogP contribution in [-0.2, 0) is 0 Å². The highest BCUT2D eigenvalue weighted by molar-refractivity contribution is 6.10. The van der Waals surface area contributed by atoms with Gasteiger partial charge in [-0.2, -0.15) is 0 Å². The Balaban J connectivity index is 1.94. The fourth-order valence-electron chi connectivity index (χ4n) is 3.60. The lowest BCUT2D eigenvalue weighted by atomic mass is 9.99. The van der Waals surface area contributed by atoms with E-state index in [9.17, 15) is 10.1 Å². The first-order chi connectivity index (χ1) is 11.1. The van der Waals surface area contributed by atoms with Crippen molar-refractivity contribution < 1.29 is 4.92 Å². The molecule has 1 atom stereocenters. The highest BCUT2D eigenvalue weighted by Crippen LogP contribution is 2.35. The largest absolute Gasteiger partial charge is 0.313 e. The van der Waals surface area contributed by atoms with Gasteiger partial charge in [0.2, 0.25) is 6.04 Å². The number of para-hydroxylation sites is 1. The first-order valence-electron chi connectivity index (χ1n) is 7.98. The summed E-state index contributed by atoms with van der Waals surface area (Å²) in [7, 11) is 0. The molecule has 23 heavy (non-hydrogen) atoms. The molecule has 4 heteroatoms. The van der Waals surface area contributed by atoms with Crippen LogP contribution in [0.4, 0.5) is 0 Å². The number of nitro groups is 1. The number of aryl methyl sites for hydroxylation is 1. The van der Waals surface area contributed by atoms with E-state index in [-0.39, 0.29) is 4.92 Å². The van der Waals surface area contributed by atoms with E-state index in [1.54, 1.807) is 0 Å². The van der Waals surface area contributed by atoms with Gasteiger partial charge in [0, 0.05) is 34.2 Å². The van der Waals surface area contributed by atoms with Gasteiger partial charge in [-0.1, -0.05) is 35.9 Å². The lowest BCUT2D eigenvalue weighted by Gasteiger charge is -2.19. The summed E-state index contributed by atoms with van der Waals surface area (Å²) in [4.78, 5) is 10.8. The number of aromatic nitrogens is 1. The third kappa shape index (κ3) is 2.22. The summed E-state index contributed by atoms with van der Waals surface area (Å²) in [6.45, 7) is 2.10. The van der Waals surface area contributed by atoms with E-state index in [0.717, 1.165) is 6.42 Å². The molecule has 0 spiro atoms. The maximum Gasteiger partial charge on any atom is 0.217 e. The molecule has 1 aliphatic carbocycles. The number of hydrogen-bond donors (Lipinski definition) is 0. The fraction of sp³-hybridized carbons (Fsp3) is 0.263. The zero-order valence-electron chi connectivity index (χ0n) is 13.0. The quantitative estimate of drug-likeness (QED) is 0.505. The molecular weight excluding hydrogens is 288 g/mol. The number of nitrogens with zero attached hydrogens (tertiary/aromatic N) is 2. The van der Waals surface area contributed by atoms with Crippen LogP contribution in [0, 0.1) is 17.0 Å². The monoisotopic (exact) mass is 306 g/mol. The smallest absolute Gasteiger partial charge is 0.217 e. The Kier molecular flexibility index (Phi) is 3.18. The van der Waals surface area contributed by atoms with Crippen molar-refractivity contribution in [1.82, 2.24) is 4.57 Å². The Bertz CT molecular complexity index is 953. The summed E-state index contributed by atoms with van der Waals surface area (Å²) in [5.41, 5.74) is 4.78. The molecule has 1 aromatic heterocycles. The lowest BCUT2D eigenvalue weighted by Crippen LogP contribution is -2.22. The van der Waals surface area contributed by atoms with Gasteiger partial charge in [-0.15, -0.1) is 0 Å². The number of benzene rings is 2. The molecule has 2 aromatic carbocycles. The maximum absolute atomic E-state index is 11.0. The molecule has 0 saturated heterocycles. The Morgan fingerprint density at radius 3 is 2.65 bits per heavy atom. The first kappa shape index (κ1) is 14.0. The predicted molar refractivity (Wildman–Crippen MR) is 93.1 cm³/mol. The highest BCUT2D eigenvalue weighted by Gasteiger charge is 2.25. The van der Waals surface area contributed by atoms with Crippen molar-refractivity contribution >= 4 is 27.5 Å². The molecule has 0 amide bonds. The second-order valence-electron chi connectivity index (χ2n) is 6.28. The highest BCUT2D eigenvalue weighted by atomic mass is 16.6. The predicted octanol–water partition coefficient (Wildman–Crippen LogP) is 4.77. The minimum atomic E-state index is -0.436. The summed E-state index contributed by atoms with van der Waals surface area (Å²) in [6.07, 6.45) is 3.91. The van der Waals surface area contributed by atoms with Crippen LogP contribution in [0.3, 0.4) is 0 Å². The first-order valence-corrected chi connectivity index (χ1v) is 7.98. The Hall–Kier alpha value is -2.62. The van der Waals surface area contributed by atoms with Gasteiger partial charge in [-0.05, 0) is 31.5 Å². The van der Waals surface area contributed by atoms with E-state index in [1.165, 1.54) is 33.1 Å². The molecule has 0 fully saturated rings. The zero-order chi connectivity index (χ0) is 16.0. The zero-order valence-corrected chi connectivity index (χ0v) is 13.0. The van der Waals surface area contributed by atoms with Crippen LogP contribution >= 0.6 is 0 Å². The molecule has 1 heterocycles. The van der Waals surface area contributed by atoms with Crippen molar-refractivity contribution in [3.63, 3.8) is 0 Å². The summed E-state index contributed by atoms with van der Waals surface area (Å²) >= 11 is 0. The van der Waals surface area contributed by atoms with E-state index in [1.807, 2.05) is 12.1 Å². The molecule has 4 nitrogen and oxygen atoms in total. The Morgan fingerprint density at radius 1 is 1.13 bits per heavy atom. The average Bonchev–Trinajstić information content (AvgIpc) is 2.89. The summed E-state index contributed by atoms with van der Waals surface area (Å²) in [6, 6.07) is 14.5. The molecule has 116 valence electrons. The normalized spacial score (nSPS) is 18.3. The van der Waals surface area contributed by atoms with E-state index in [2.05, 4.69) is 47.9 Å². The van der Waals surface area contributed by atoms with Crippen molar-refractivity contribution in [3.8, 4) is 0 Å². The molecule has 1 unspecified atom stereocenters. The maximum atomic E-state index is 11.0. The summed E-state index contributed by atoms with van der Waals surface area (Å²) < 4.78 is 2.28. The Morgan fingerprint density at radius 2 is 1.91 bits per heavy atom. The van der Waals surface area contributed by atoms with E-state index in [0.29, 0.717) is 12.8 Å². The number of fused-ring (bicyclic) bond motifs is 3. The average molecular weight is 306 g/mol. The van der Waals surface area contributed by atoms with Gasteiger partial charge >= 0.3 is 0 Å². The van der Waals surface area contributed by atoms with Crippen molar-refractivity contribution in [3.05, 3.63) is 64.2 Å². The standard InChI is InChI=1S/C19H18N2O2/c1-13-6-11-19-17(12-13)16-4-2-3-5-18(16)20(19)14-7-9-15(10-8-14)21(22)23/h2-7,11-12,15H,8-10H2,1H3. The van der Waals surface area contributed by atoms with Crippen molar-refractivity contribution in [2.24, 2.45) is 0 Å². The van der Waals surface area contributed by atoms with Crippen LogP contribution in [0.15, 0.2) is 48.5 Å². The van der Waals surface area contributed by atoms with Crippen molar-refractivity contribution in [2.75, 3.05) is 0 Å². The second kappa shape index (κ2) is 5.23. The van der Waals surface area contributed by atoms with Gasteiger partial charge in [-0.3, -0.25) is 10.1 Å². The van der Waals surface area contributed by atoms with Crippen LogP contribution in [0.1, 0.15) is 24.8 Å². The van der Waals surface area contributed by atoms with Crippen molar-refractivity contribution in [2.45, 2.75) is 32.2 Å². The number of rotatable bonds is 2. The third-order valence-electron chi connectivity index (χ3n) is 4.77. The van der Waals surface area contributed by atoms with Crippen LogP contribution in [-0.4, -0.2) is 15.5 Å². The van der Waals surface area contributed by atoms with Crippen LogP contribution in [0.25, 0.3) is 27.5 Å². The Labute approximate surface area is 134 Å². The molecule has 0 bridgehead atoms. The van der Waals surface area contributed by atoms with Gasteiger partial charge < -0.3 is 4.57 Å². The summed E-state index contributed by atoms with van der Waals surface area (Å²) in [5.74, 6) is 0. The van der Waals surface area contributed by atoms with Gasteiger partial charge in [0.15, 0.2) is 0 Å². The number of hydrogen-bond acceptors (Lipinski definition) is 2. The van der Waals surface area contributed by atoms with E-state index >= 15 is 0 Å². The van der Waals surface area contributed by atoms with Crippen LogP contribution in [0.2, 0.25) is 0 Å². The van der Waals surface area contributed by atoms with Gasteiger partial charge in [0.25, 0.3) is 0 Å². The molecular formula is C19H18N2O2. The van der Waals surface area contributed by atoms with Gasteiger partial charge in [-0.25, -0.2) is 0 Å². The van der Waals surface area contributed by atoms with Crippen LogP contribution in [0.5, 0.6) is 0 Å². The molecule has 1 aliphatic rings. The SMILES string of the molecule is Cc1ccc2c(c1)c1ccccc1n2C1=CCC([N+](=O)[O-])CC1. The summed E-state index contributed by atoms with van der Waals surface area (Å²) in [5, 5.41) is 13.5. The molecule has 0 saturated carbocycles. The molecule has 0 N–H and O–H groups in total. The minimum Gasteiger partial charge on any atom is -0.313 e. The fourth-order valence-corrected chi connectivity index (χ4v) is 3.60. The van der Waals surface area contributed by atoms with Crippen LogP contribution < -0.4 is 0 Å². The minimum absolute atomic E-state index is 0.150. The van der Waals surface area contributed by atoms with Gasteiger partial charge in [0.1, 0.15) is 0 Å². The topological polar surface area (TPSA) is 48.1 Å². The molecule has 4 rings (SSSR count). The van der Waals surface area contributed by atoms with E-state index in [4.69, 9.17) is 0 Å². The molecule has 0 aliphatic heterocycles. The second-order valence-corrected chi connectivity index (χ2v) is 6.28. The van der Waals surface area contributed by atoms with Gasteiger partial charge in [0.05, 0.1) is 11.0 Å². The number of allylic oxidation sites excluding steroid dienone is 1. The van der Waals surface area contributed by atoms with E-state index < -0.39 is 6.04 Å². The lowest BCUT2D eigenvalue weighted by molar-refractivity contribution is -0.522. The molecule has 3 aromatic rings. The third-order valence-corrected chi connectivity index (χ3v) is 4.77. The molecule has 0 radical (unpaired) electrons. The van der Waals surface area contributed by atoms with Crippen molar-refractivity contribution in [1.29, 1.82) is 0 Å².